The van der Waals surface area contributed by atoms with Crippen molar-refractivity contribution in [2.45, 2.75) is 218 Å². The minimum Gasteiger partial charge on any atom is -0.390 e. The van der Waals surface area contributed by atoms with Crippen molar-refractivity contribution in [2.24, 2.45) is 0 Å². The molecule has 4 N–H and O–H groups in total. The van der Waals surface area contributed by atoms with Gasteiger partial charge in [0.1, 0.15) is 19.3 Å². The average molecular weight is 828 g/mol. The van der Waals surface area contributed by atoms with Crippen LogP contribution in [0.1, 0.15) is 200 Å². The molecule has 0 aromatic rings. The third-order valence-corrected chi connectivity index (χ3v) is 11.4. The molecule has 0 saturated carbocycles. The Hall–Kier alpha value is -1.32. The summed E-state index contributed by atoms with van der Waals surface area (Å²) in [4.78, 5) is 23.2. The zero-order valence-electron chi connectivity index (χ0n) is 37.7. The molecule has 0 aliphatic rings. The van der Waals surface area contributed by atoms with E-state index in [1.54, 1.807) is 0 Å². The number of unbranched alkanes of at least 4 members (excludes halogenated alkanes) is 22. The maximum atomic E-state index is 12.9. The van der Waals surface area contributed by atoms with Crippen LogP contribution in [0.2, 0.25) is 0 Å². The van der Waals surface area contributed by atoms with Gasteiger partial charge in [-0.2, -0.15) is 0 Å². The lowest BCUT2D eigenvalue weighted by atomic mass is 10.0. The molecule has 0 aromatic heterocycles. The van der Waals surface area contributed by atoms with E-state index in [1.807, 2.05) is 21.1 Å². The van der Waals surface area contributed by atoms with Crippen LogP contribution in [0.3, 0.4) is 0 Å². The van der Waals surface area contributed by atoms with Gasteiger partial charge in [0, 0.05) is 6.42 Å². The molecule has 0 spiro atoms. The molecule has 0 aliphatic heterocycles. The van der Waals surface area contributed by atoms with E-state index in [-0.39, 0.29) is 18.9 Å². The summed E-state index contributed by atoms with van der Waals surface area (Å²) >= 11 is 0. The number of hydrogen-bond acceptors (Lipinski definition) is 6. The number of amides is 1. The number of nitrogens with zero attached hydrogens (tertiary/aromatic N) is 1. The number of hydrogen-bond donors (Lipinski definition) is 4. The summed E-state index contributed by atoms with van der Waals surface area (Å²) < 4.78 is 23.5. The fraction of sp³-hybridized carbons (Fsp3) is 0.851. The van der Waals surface area contributed by atoms with Crippen molar-refractivity contribution in [3.05, 3.63) is 36.5 Å². The number of aliphatic hydroxyl groups is 2. The Kier molecular flexibility index (Phi) is 38.0. The maximum Gasteiger partial charge on any atom is 0.472 e. The first-order valence-electron chi connectivity index (χ1n) is 23.4. The Morgan fingerprint density at radius 2 is 1.04 bits per heavy atom. The van der Waals surface area contributed by atoms with Crippen molar-refractivity contribution in [1.82, 2.24) is 5.32 Å². The van der Waals surface area contributed by atoms with Crippen LogP contribution in [-0.4, -0.2) is 84.6 Å². The molecule has 0 fully saturated rings. The molecule has 9 nitrogen and oxygen atoms in total. The van der Waals surface area contributed by atoms with Crippen molar-refractivity contribution in [3.63, 3.8) is 0 Å². The molecule has 336 valence electrons. The smallest absolute Gasteiger partial charge is 0.390 e. The minimum absolute atomic E-state index is 0.0151. The number of carbonyl (C=O) groups is 1. The summed E-state index contributed by atoms with van der Waals surface area (Å²) in [5.74, 6) is -0.273. The van der Waals surface area contributed by atoms with Crippen LogP contribution < -0.4 is 5.32 Å². The molecule has 57 heavy (non-hydrogen) atoms. The minimum atomic E-state index is -4.42. The van der Waals surface area contributed by atoms with E-state index in [9.17, 15) is 24.5 Å². The van der Waals surface area contributed by atoms with Crippen molar-refractivity contribution in [1.29, 1.82) is 0 Å². The average Bonchev–Trinajstić information content (AvgIpc) is 3.16. The Labute approximate surface area is 351 Å². The standard InChI is InChI=1S/C47H91N2O7P/c1-6-8-10-12-14-16-18-20-21-22-23-24-25-26-27-28-30-32-34-36-38-40-46(51)48-44(43-56-57(53,54)55-42-41-49(3,4)5)47(52)45(50)39-37-35-33-31-29-19-17-15-13-11-9-7-2/h18,20,22-23,31,33,44-45,47,50,52H,6-17,19,21,24-30,32,34-43H2,1-5H3,(H-,48,51,53,54)/p+1/b20-18-,23-22-,33-31+. The van der Waals surface area contributed by atoms with E-state index in [0.29, 0.717) is 23.9 Å². The maximum absolute atomic E-state index is 12.9. The summed E-state index contributed by atoms with van der Waals surface area (Å²) in [6.45, 7) is 4.56. The van der Waals surface area contributed by atoms with E-state index in [2.05, 4.69) is 55.6 Å². The number of allylic oxidation sites excluding steroid dienone is 6. The Morgan fingerprint density at radius 3 is 1.51 bits per heavy atom. The monoisotopic (exact) mass is 828 g/mol. The van der Waals surface area contributed by atoms with Crippen LogP contribution in [0, 0.1) is 0 Å². The van der Waals surface area contributed by atoms with Crippen LogP contribution in [0.4, 0.5) is 0 Å². The number of phosphoric acid groups is 1. The fourth-order valence-electron chi connectivity index (χ4n) is 6.64. The van der Waals surface area contributed by atoms with E-state index >= 15 is 0 Å². The van der Waals surface area contributed by atoms with Crippen molar-refractivity contribution < 1.29 is 38.0 Å². The van der Waals surface area contributed by atoms with Crippen LogP contribution in [-0.2, 0) is 18.4 Å². The van der Waals surface area contributed by atoms with Crippen LogP contribution in [0.5, 0.6) is 0 Å². The third kappa shape index (κ3) is 39.9. The normalized spacial score (nSPS) is 15.2. The molecule has 1 amide bonds. The second kappa shape index (κ2) is 38.9. The molecular formula is C47H92N2O7P+. The Balaban J connectivity index is 4.44. The molecule has 0 radical (unpaired) electrons. The highest BCUT2D eigenvalue weighted by molar-refractivity contribution is 7.47. The second-order valence-corrected chi connectivity index (χ2v) is 18.7. The molecule has 4 atom stereocenters. The zero-order chi connectivity index (χ0) is 42.3. The number of rotatable bonds is 42. The Bertz CT molecular complexity index is 1050. The van der Waals surface area contributed by atoms with Gasteiger partial charge in [-0.3, -0.25) is 13.8 Å². The first-order chi connectivity index (χ1) is 27.4. The molecule has 0 aromatic carbocycles. The summed E-state index contributed by atoms with van der Waals surface area (Å²) in [5, 5.41) is 24.6. The molecule has 0 bridgehead atoms. The molecule has 0 rings (SSSR count). The van der Waals surface area contributed by atoms with E-state index in [1.165, 1.54) is 116 Å². The SMILES string of the molecule is CCCCCCC/C=C\C/C=C\CCCCCCCCCCCC(=O)NC(COP(=O)(O)OCC[N+](C)(C)C)C(O)C(O)CCC/C=C/CCCCCCCCC. The van der Waals surface area contributed by atoms with E-state index in [0.717, 1.165) is 51.4 Å². The lowest BCUT2D eigenvalue weighted by Crippen LogP contribution is -2.51. The van der Waals surface area contributed by atoms with Gasteiger partial charge in [-0.1, -0.05) is 159 Å². The van der Waals surface area contributed by atoms with Gasteiger partial charge in [0.25, 0.3) is 0 Å². The van der Waals surface area contributed by atoms with Gasteiger partial charge < -0.3 is 24.9 Å². The van der Waals surface area contributed by atoms with Crippen LogP contribution in [0.15, 0.2) is 36.5 Å². The fourth-order valence-corrected chi connectivity index (χ4v) is 7.38. The zero-order valence-corrected chi connectivity index (χ0v) is 38.6. The number of phosphoric ester groups is 1. The summed E-state index contributed by atoms with van der Waals surface area (Å²) in [7, 11) is 1.41. The van der Waals surface area contributed by atoms with Crippen LogP contribution >= 0.6 is 7.82 Å². The van der Waals surface area contributed by atoms with Crippen molar-refractivity contribution >= 4 is 13.7 Å². The summed E-state index contributed by atoms with van der Waals surface area (Å²) in [6, 6.07) is -1.05. The summed E-state index contributed by atoms with van der Waals surface area (Å²) in [6.07, 6.45) is 43.5. The highest BCUT2D eigenvalue weighted by Crippen LogP contribution is 2.43. The van der Waals surface area contributed by atoms with Gasteiger partial charge in [-0.25, -0.2) is 4.57 Å². The predicted molar refractivity (Wildman–Crippen MR) is 241 cm³/mol. The summed E-state index contributed by atoms with van der Waals surface area (Å²) in [5.41, 5.74) is 0. The molecule has 0 heterocycles. The molecule has 0 saturated heterocycles. The molecule has 0 aliphatic carbocycles. The Morgan fingerprint density at radius 1 is 0.614 bits per heavy atom. The number of likely N-dealkylation sites (N-methyl/N-ethyl adjacent to an activating group) is 1. The topological polar surface area (TPSA) is 125 Å². The van der Waals surface area contributed by atoms with Crippen molar-refractivity contribution in [2.75, 3.05) is 40.9 Å². The lowest BCUT2D eigenvalue weighted by molar-refractivity contribution is -0.870. The van der Waals surface area contributed by atoms with Crippen LogP contribution in [0.25, 0.3) is 0 Å². The first kappa shape index (κ1) is 55.7. The number of nitrogens with one attached hydrogen (secondary N) is 1. The van der Waals surface area contributed by atoms with Gasteiger partial charge in [0.15, 0.2) is 0 Å². The number of carbonyl (C=O) groups excluding carboxylic acids is 1. The number of aliphatic hydroxyl groups excluding tert-OH is 2. The van der Waals surface area contributed by atoms with Gasteiger partial charge in [-0.05, 0) is 70.6 Å². The van der Waals surface area contributed by atoms with Gasteiger partial charge in [0.05, 0.1) is 39.9 Å². The van der Waals surface area contributed by atoms with Gasteiger partial charge in [-0.15, -0.1) is 0 Å². The van der Waals surface area contributed by atoms with E-state index in [4.69, 9.17) is 9.05 Å². The largest absolute Gasteiger partial charge is 0.472 e. The molecule has 4 unspecified atom stereocenters. The van der Waals surface area contributed by atoms with Gasteiger partial charge >= 0.3 is 7.82 Å². The quantitative estimate of drug-likeness (QED) is 0.0209. The van der Waals surface area contributed by atoms with Crippen molar-refractivity contribution in [3.8, 4) is 0 Å². The van der Waals surface area contributed by atoms with E-state index < -0.39 is 32.7 Å². The number of quaternary nitrogens is 1. The highest BCUT2D eigenvalue weighted by Gasteiger charge is 2.31. The van der Waals surface area contributed by atoms with Gasteiger partial charge in [0.2, 0.25) is 5.91 Å². The molecular weight excluding hydrogens is 735 g/mol. The first-order valence-corrected chi connectivity index (χ1v) is 24.9. The molecule has 10 heteroatoms. The third-order valence-electron chi connectivity index (χ3n) is 10.5. The second-order valence-electron chi connectivity index (χ2n) is 17.3. The highest BCUT2D eigenvalue weighted by atomic mass is 31.2. The lowest BCUT2D eigenvalue weighted by Gasteiger charge is -2.28. The predicted octanol–water partition coefficient (Wildman–Crippen LogP) is 12.1.